The minimum Gasteiger partial charge on any atom is -0.481 e. The molecule has 0 aromatic rings. The highest BCUT2D eigenvalue weighted by molar-refractivity contribution is 5.93. The van der Waals surface area contributed by atoms with Crippen LogP contribution in [0.2, 0.25) is 0 Å². The Labute approximate surface area is 295 Å². The molecule has 0 spiro atoms. The van der Waals surface area contributed by atoms with Crippen molar-refractivity contribution in [2.75, 3.05) is 0 Å². The van der Waals surface area contributed by atoms with Crippen molar-refractivity contribution >= 4 is 11.9 Å². The third-order valence-corrected chi connectivity index (χ3v) is 6.96. The highest BCUT2D eigenvalue weighted by Gasteiger charge is 2.99. The predicted molar refractivity (Wildman–Crippen MR) is 108 cm³/mol. The van der Waals surface area contributed by atoms with E-state index in [0.29, 0.717) is 0 Å². The number of carboxylic acids is 2. The van der Waals surface area contributed by atoms with E-state index in [2.05, 4.69) is 0 Å². The first kappa shape index (κ1) is 55.3. The fourth-order valence-electron chi connectivity index (χ4n) is 3.64. The van der Waals surface area contributed by atoms with Crippen molar-refractivity contribution < 1.29 is 169 Å². The molecule has 0 radical (unpaired) electrons. The minimum atomic E-state index is -10.1. The van der Waals surface area contributed by atoms with Gasteiger partial charge in [-0.3, -0.25) is 4.79 Å². The maximum absolute atomic E-state index is 14.9. The molecule has 0 amide bonds. The topological polar surface area (TPSA) is 74.6 Å². The smallest absolute Gasteiger partial charge is 0.460 e. The standard InChI is InChI=1S/C21H4F34O4/c22-6(23,8(26,27)10(30,31)12(34,35)14(38,39)16(42,43)18(46,47)20(50,51)52)4(2(5(58)59)1-3(56)57)7(24,25)9(28,29)11(32,33)13(36,37)15(40,41)17(44,45)19(48,49)21(53,54)55/h1H2,(H,56,57)(H,58,59). The Bertz CT molecular complexity index is 1540. The van der Waals surface area contributed by atoms with Crippen molar-refractivity contribution in [2.45, 2.75) is 102 Å². The van der Waals surface area contributed by atoms with Gasteiger partial charge in [0.1, 0.15) is 0 Å². The fourth-order valence-corrected chi connectivity index (χ4v) is 3.64. The summed E-state index contributed by atoms with van der Waals surface area (Å²) in [4.78, 5) is 21.9. The van der Waals surface area contributed by atoms with Gasteiger partial charge in [0.05, 0.1) is 17.6 Å². The summed E-state index contributed by atoms with van der Waals surface area (Å²) in [6.07, 6.45) is -20.9. The summed E-state index contributed by atoms with van der Waals surface area (Å²) in [5, 5.41) is 17.0. The largest absolute Gasteiger partial charge is 0.481 e. The summed E-state index contributed by atoms with van der Waals surface area (Å²) in [6, 6.07) is 0. The van der Waals surface area contributed by atoms with Crippen molar-refractivity contribution in [3.8, 4) is 0 Å². The van der Waals surface area contributed by atoms with Gasteiger partial charge in [-0.1, -0.05) is 0 Å². The molecule has 0 unspecified atom stereocenters. The van der Waals surface area contributed by atoms with Gasteiger partial charge in [0.15, 0.2) is 0 Å². The van der Waals surface area contributed by atoms with Gasteiger partial charge in [0.2, 0.25) is 0 Å². The first-order valence-corrected chi connectivity index (χ1v) is 12.5. The lowest BCUT2D eigenvalue weighted by Gasteiger charge is -2.45. The normalized spacial score (nSPS) is 16.3. The van der Waals surface area contributed by atoms with Crippen LogP contribution in [-0.4, -0.2) is 117 Å². The average molecular weight is 966 g/mol. The number of alkyl halides is 34. The van der Waals surface area contributed by atoms with Crippen LogP contribution in [-0.2, 0) is 9.59 Å². The van der Waals surface area contributed by atoms with Gasteiger partial charge in [-0.25, -0.2) is 4.79 Å². The Balaban J connectivity index is 8.71. The van der Waals surface area contributed by atoms with Crippen molar-refractivity contribution in [3.05, 3.63) is 11.1 Å². The van der Waals surface area contributed by atoms with E-state index in [1.54, 1.807) is 0 Å². The van der Waals surface area contributed by atoms with E-state index in [0.717, 1.165) is 0 Å². The lowest BCUT2D eigenvalue weighted by atomic mass is 9.79. The Morgan fingerprint density at radius 3 is 0.610 bits per heavy atom. The number of halogens is 34. The highest BCUT2D eigenvalue weighted by Crippen LogP contribution is 2.69. The fraction of sp³-hybridized carbons (Fsp3) is 0.810. The van der Waals surface area contributed by atoms with Crippen LogP contribution in [0.3, 0.4) is 0 Å². The van der Waals surface area contributed by atoms with Crippen LogP contribution in [0.25, 0.3) is 0 Å². The van der Waals surface area contributed by atoms with Crippen LogP contribution >= 0.6 is 0 Å². The van der Waals surface area contributed by atoms with Crippen molar-refractivity contribution in [2.24, 2.45) is 0 Å². The number of aliphatic carboxylic acids is 2. The van der Waals surface area contributed by atoms with E-state index in [1.165, 1.54) is 0 Å². The molecule has 0 aliphatic carbocycles. The van der Waals surface area contributed by atoms with Gasteiger partial charge in [0.25, 0.3) is 0 Å². The molecular weight excluding hydrogens is 962 g/mol. The summed E-state index contributed by atoms with van der Waals surface area (Å²) in [5.41, 5.74) is -11.4. The second-order valence-electron chi connectivity index (χ2n) is 10.8. The molecule has 0 heterocycles. The monoisotopic (exact) mass is 966 g/mol. The number of carboxylic acid groups (broad SMARTS) is 2. The summed E-state index contributed by atoms with van der Waals surface area (Å²) < 4.78 is 464. The molecule has 2 N–H and O–H groups in total. The van der Waals surface area contributed by atoms with Gasteiger partial charge in [-0.2, -0.15) is 149 Å². The number of rotatable bonds is 17. The molecule has 0 rings (SSSR count). The lowest BCUT2D eigenvalue weighted by Crippen LogP contribution is -2.76. The molecule has 4 nitrogen and oxygen atoms in total. The van der Waals surface area contributed by atoms with Gasteiger partial charge in [0, 0.05) is 0 Å². The third kappa shape index (κ3) is 6.94. The third-order valence-electron chi connectivity index (χ3n) is 6.96. The number of hydrogen-bond acceptors (Lipinski definition) is 2. The number of carbonyl (C=O) groups is 2. The second kappa shape index (κ2) is 13.9. The zero-order valence-corrected chi connectivity index (χ0v) is 25.3. The summed E-state index contributed by atoms with van der Waals surface area (Å²) in [5.74, 6) is -144. The van der Waals surface area contributed by atoms with Crippen molar-refractivity contribution in [1.82, 2.24) is 0 Å². The first-order chi connectivity index (χ1) is 24.9. The molecule has 0 atom stereocenters. The molecule has 38 heteroatoms. The van der Waals surface area contributed by atoms with E-state index in [9.17, 15) is 159 Å². The van der Waals surface area contributed by atoms with Gasteiger partial charge in [-0.15, -0.1) is 0 Å². The zero-order chi connectivity index (χ0) is 49.0. The van der Waals surface area contributed by atoms with Crippen LogP contribution in [0, 0.1) is 0 Å². The number of allylic oxidation sites excluding steroid dienone is 1. The molecule has 0 bridgehead atoms. The summed E-state index contributed by atoms with van der Waals surface area (Å²) in [6.45, 7) is 0. The van der Waals surface area contributed by atoms with Crippen LogP contribution in [0.5, 0.6) is 0 Å². The Morgan fingerprint density at radius 2 is 0.458 bits per heavy atom. The van der Waals surface area contributed by atoms with E-state index >= 15 is 0 Å². The maximum atomic E-state index is 14.9. The molecule has 0 aliphatic heterocycles. The van der Waals surface area contributed by atoms with Crippen LogP contribution in [0.15, 0.2) is 11.1 Å². The van der Waals surface area contributed by atoms with Crippen LogP contribution in [0.4, 0.5) is 149 Å². The van der Waals surface area contributed by atoms with E-state index in [1.807, 2.05) is 0 Å². The van der Waals surface area contributed by atoms with Gasteiger partial charge in [-0.05, 0) is 0 Å². The highest BCUT2D eigenvalue weighted by atomic mass is 19.4. The van der Waals surface area contributed by atoms with Gasteiger partial charge < -0.3 is 10.2 Å². The predicted octanol–water partition coefficient (Wildman–Crippen LogP) is 10.9. The average Bonchev–Trinajstić information content (AvgIpc) is 2.97. The van der Waals surface area contributed by atoms with Gasteiger partial charge >= 0.3 is 107 Å². The lowest BCUT2D eigenvalue weighted by molar-refractivity contribution is -0.464. The molecule has 0 aliphatic rings. The molecule has 0 saturated carbocycles. The van der Waals surface area contributed by atoms with Crippen molar-refractivity contribution in [1.29, 1.82) is 0 Å². The maximum Gasteiger partial charge on any atom is 0.460 e. The quantitative estimate of drug-likeness (QED) is 0.113. The molecule has 350 valence electrons. The molecule has 0 aromatic heterocycles. The van der Waals surface area contributed by atoms with E-state index in [4.69, 9.17) is 10.2 Å². The zero-order valence-electron chi connectivity index (χ0n) is 25.3. The Hall–Kier alpha value is -3.70. The number of hydrogen-bond donors (Lipinski definition) is 2. The second-order valence-corrected chi connectivity index (χ2v) is 10.8. The summed E-state index contributed by atoms with van der Waals surface area (Å²) >= 11 is 0. The molecule has 0 saturated heterocycles. The van der Waals surface area contributed by atoms with Crippen molar-refractivity contribution in [3.63, 3.8) is 0 Å². The molecule has 0 fully saturated rings. The van der Waals surface area contributed by atoms with Crippen LogP contribution in [0.1, 0.15) is 6.42 Å². The first-order valence-electron chi connectivity index (χ1n) is 12.5. The Kier molecular flexibility index (Phi) is 13.0. The minimum absolute atomic E-state index is 3.77. The molecular formula is C21H4F34O4. The molecule has 59 heavy (non-hydrogen) atoms. The van der Waals surface area contributed by atoms with E-state index in [-0.39, 0.29) is 0 Å². The van der Waals surface area contributed by atoms with Crippen LogP contribution < -0.4 is 0 Å². The SMILES string of the molecule is O=C(O)CC(C(=O)O)=C(C(F)(F)C(F)(F)C(F)(F)C(F)(F)C(F)(F)C(F)(F)C(F)(F)C(F)(F)F)C(F)(F)C(F)(F)C(F)(F)C(F)(F)C(F)(F)C(F)(F)C(F)(F)C(F)(F)F. The van der Waals surface area contributed by atoms with E-state index < -0.39 is 125 Å². The summed E-state index contributed by atoms with van der Waals surface area (Å²) in [7, 11) is 0. The molecule has 0 aromatic carbocycles. The Morgan fingerprint density at radius 1 is 0.288 bits per heavy atom.